The zero-order chi connectivity index (χ0) is 21.8. The maximum absolute atomic E-state index is 13.0. The molecule has 6 nitrogen and oxygen atoms in total. The minimum atomic E-state index is -4.60. The predicted molar refractivity (Wildman–Crippen MR) is 103 cm³/mol. The van der Waals surface area contributed by atoms with E-state index in [1.165, 1.54) is 18.2 Å². The van der Waals surface area contributed by atoms with Crippen molar-refractivity contribution in [2.75, 3.05) is 18.5 Å². The van der Waals surface area contributed by atoms with Crippen LogP contribution in [0.1, 0.15) is 35.3 Å². The van der Waals surface area contributed by atoms with Crippen LogP contribution in [-0.2, 0) is 16.2 Å². The second-order valence-corrected chi connectivity index (χ2v) is 7.84. The standard InChI is InChI=1S/C19H21F3N2O4S/c1-4-23-29(26,27)14-8-6-12(3)15(11-14)18(25)24-16-10-13(19(20,21)22)7-9-17(16)28-5-2/h6-11,23H,4-5H2,1-3H3,(H,24,25). The summed E-state index contributed by atoms with van der Waals surface area (Å²) in [6.45, 7) is 5.21. The summed E-state index contributed by atoms with van der Waals surface area (Å²) in [5.41, 5.74) is -0.630. The SMILES string of the molecule is CCNS(=O)(=O)c1ccc(C)c(C(=O)Nc2cc(C(F)(F)F)ccc2OCC)c1. The summed E-state index contributed by atoms with van der Waals surface area (Å²) in [7, 11) is -3.80. The van der Waals surface area contributed by atoms with Crippen LogP contribution in [0.25, 0.3) is 0 Å². The zero-order valence-corrected chi connectivity index (χ0v) is 16.9. The first kappa shape index (κ1) is 22.7. The van der Waals surface area contributed by atoms with E-state index >= 15 is 0 Å². The summed E-state index contributed by atoms with van der Waals surface area (Å²) in [6.07, 6.45) is -4.60. The van der Waals surface area contributed by atoms with Gasteiger partial charge in [-0.15, -0.1) is 0 Å². The van der Waals surface area contributed by atoms with Crippen LogP contribution in [0.5, 0.6) is 5.75 Å². The van der Waals surface area contributed by atoms with Gasteiger partial charge in [0.25, 0.3) is 5.91 Å². The van der Waals surface area contributed by atoms with Crippen LogP contribution < -0.4 is 14.8 Å². The molecule has 0 aromatic heterocycles. The molecule has 2 N–H and O–H groups in total. The molecule has 0 aliphatic rings. The van der Waals surface area contributed by atoms with E-state index in [0.717, 1.165) is 18.2 Å². The Bertz CT molecular complexity index is 1000. The van der Waals surface area contributed by atoms with Crippen LogP contribution in [0.15, 0.2) is 41.3 Å². The zero-order valence-electron chi connectivity index (χ0n) is 16.1. The number of amides is 1. The predicted octanol–water partition coefficient (Wildman–Crippen LogP) is 3.96. The quantitative estimate of drug-likeness (QED) is 0.696. The van der Waals surface area contributed by atoms with Gasteiger partial charge >= 0.3 is 6.18 Å². The number of ether oxygens (including phenoxy) is 1. The Morgan fingerprint density at radius 2 is 1.79 bits per heavy atom. The van der Waals surface area contributed by atoms with E-state index < -0.39 is 27.7 Å². The van der Waals surface area contributed by atoms with Crippen molar-refractivity contribution in [1.29, 1.82) is 0 Å². The van der Waals surface area contributed by atoms with Crippen molar-refractivity contribution in [3.8, 4) is 5.75 Å². The maximum atomic E-state index is 13.0. The van der Waals surface area contributed by atoms with Crippen molar-refractivity contribution in [1.82, 2.24) is 4.72 Å². The van der Waals surface area contributed by atoms with Gasteiger partial charge in [-0.1, -0.05) is 13.0 Å². The lowest BCUT2D eigenvalue weighted by Crippen LogP contribution is -2.24. The first-order valence-corrected chi connectivity index (χ1v) is 10.2. The molecule has 0 aliphatic carbocycles. The van der Waals surface area contributed by atoms with Crippen molar-refractivity contribution in [3.63, 3.8) is 0 Å². The van der Waals surface area contributed by atoms with E-state index in [2.05, 4.69) is 10.0 Å². The second kappa shape index (κ2) is 8.83. The molecule has 158 valence electrons. The maximum Gasteiger partial charge on any atom is 0.416 e. The van der Waals surface area contributed by atoms with Gasteiger partial charge in [0.1, 0.15) is 5.75 Å². The van der Waals surface area contributed by atoms with Gasteiger partial charge in [0.05, 0.1) is 22.8 Å². The lowest BCUT2D eigenvalue weighted by molar-refractivity contribution is -0.137. The number of anilines is 1. The molecule has 2 aromatic rings. The van der Waals surface area contributed by atoms with E-state index in [1.807, 2.05) is 0 Å². The molecule has 2 aromatic carbocycles. The number of carbonyl (C=O) groups is 1. The number of sulfonamides is 1. The lowest BCUT2D eigenvalue weighted by Gasteiger charge is -2.16. The molecule has 29 heavy (non-hydrogen) atoms. The van der Waals surface area contributed by atoms with Crippen LogP contribution in [0.4, 0.5) is 18.9 Å². The van der Waals surface area contributed by atoms with E-state index in [4.69, 9.17) is 4.74 Å². The second-order valence-electron chi connectivity index (χ2n) is 6.07. The molecule has 0 heterocycles. The Balaban J connectivity index is 2.44. The van der Waals surface area contributed by atoms with E-state index in [9.17, 15) is 26.4 Å². The molecule has 0 saturated carbocycles. The molecule has 0 fully saturated rings. The third-order valence-electron chi connectivity index (χ3n) is 3.95. The van der Waals surface area contributed by atoms with Gasteiger partial charge in [0.2, 0.25) is 10.0 Å². The fraction of sp³-hybridized carbons (Fsp3) is 0.316. The van der Waals surface area contributed by atoms with Crippen LogP contribution in [-0.4, -0.2) is 27.5 Å². The molecule has 10 heteroatoms. The molecule has 0 aliphatic heterocycles. The lowest BCUT2D eigenvalue weighted by atomic mass is 10.1. The molecule has 0 atom stereocenters. The van der Waals surface area contributed by atoms with Crippen molar-refractivity contribution in [3.05, 3.63) is 53.1 Å². The van der Waals surface area contributed by atoms with Gasteiger partial charge in [-0.2, -0.15) is 13.2 Å². The monoisotopic (exact) mass is 430 g/mol. The summed E-state index contributed by atoms with van der Waals surface area (Å²) in [6, 6.07) is 6.74. The summed E-state index contributed by atoms with van der Waals surface area (Å²) in [4.78, 5) is 12.6. The van der Waals surface area contributed by atoms with Gasteiger partial charge in [-0.3, -0.25) is 4.79 Å². The van der Waals surface area contributed by atoms with Crippen molar-refractivity contribution in [2.45, 2.75) is 31.8 Å². The highest BCUT2D eigenvalue weighted by Crippen LogP contribution is 2.35. The van der Waals surface area contributed by atoms with Gasteiger partial charge in [-0.25, -0.2) is 13.1 Å². The van der Waals surface area contributed by atoms with Crippen LogP contribution in [0.3, 0.4) is 0 Å². The molecule has 0 radical (unpaired) electrons. The number of benzene rings is 2. The molecule has 0 saturated heterocycles. The number of carbonyl (C=O) groups excluding carboxylic acids is 1. The smallest absolute Gasteiger partial charge is 0.416 e. The first-order valence-electron chi connectivity index (χ1n) is 8.75. The topological polar surface area (TPSA) is 84.5 Å². The summed E-state index contributed by atoms with van der Waals surface area (Å²) < 4.78 is 71.1. The number of hydrogen-bond donors (Lipinski definition) is 2. The van der Waals surface area contributed by atoms with E-state index in [1.54, 1.807) is 20.8 Å². The number of aryl methyl sites for hydroxylation is 1. The summed E-state index contributed by atoms with van der Waals surface area (Å²) in [5.74, 6) is -0.681. The van der Waals surface area contributed by atoms with Gasteiger partial charge in [-0.05, 0) is 49.7 Å². The first-order chi connectivity index (χ1) is 13.5. The Morgan fingerprint density at radius 1 is 1.10 bits per heavy atom. The molecule has 2 rings (SSSR count). The fourth-order valence-corrected chi connectivity index (χ4v) is 3.63. The summed E-state index contributed by atoms with van der Waals surface area (Å²) in [5, 5.41) is 2.40. The molecular formula is C19H21F3N2O4S. The normalized spacial score (nSPS) is 11.9. The third-order valence-corrected chi connectivity index (χ3v) is 5.50. The van der Waals surface area contributed by atoms with Gasteiger partial charge in [0, 0.05) is 12.1 Å². The molecule has 0 spiro atoms. The van der Waals surface area contributed by atoms with Gasteiger partial charge < -0.3 is 10.1 Å². The Hall–Kier alpha value is -2.59. The van der Waals surface area contributed by atoms with Crippen LogP contribution in [0, 0.1) is 6.92 Å². The average molecular weight is 430 g/mol. The highest BCUT2D eigenvalue weighted by atomic mass is 32.2. The highest BCUT2D eigenvalue weighted by molar-refractivity contribution is 7.89. The fourth-order valence-electron chi connectivity index (χ4n) is 2.56. The van der Waals surface area contributed by atoms with E-state index in [-0.39, 0.29) is 35.0 Å². The average Bonchev–Trinajstić information content (AvgIpc) is 2.62. The Morgan fingerprint density at radius 3 is 2.38 bits per heavy atom. The minimum Gasteiger partial charge on any atom is -0.492 e. The summed E-state index contributed by atoms with van der Waals surface area (Å²) >= 11 is 0. The molecule has 0 unspecified atom stereocenters. The number of halogens is 3. The molecule has 1 amide bonds. The van der Waals surface area contributed by atoms with E-state index in [0.29, 0.717) is 5.56 Å². The highest BCUT2D eigenvalue weighted by Gasteiger charge is 2.31. The Labute approximate surface area is 167 Å². The number of nitrogens with one attached hydrogen (secondary N) is 2. The van der Waals surface area contributed by atoms with Crippen molar-refractivity contribution >= 4 is 21.6 Å². The number of rotatable bonds is 7. The minimum absolute atomic E-state index is 0.0174. The molecule has 0 bridgehead atoms. The number of alkyl halides is 3. The molecular weight excluding hydrogens is 409 g/mol. The van der Waals surface area contributed by atoms with Crippen LogP contribution in [0.2, 0.25) is 0 Å². The van der Waals surface area contributed by atoms with Crippen molar-refractivity contribution in [2.24, 2.45) is 0 Å². The number of hydrogen-bond acceptors (Lipinski definition) is 4. The van der Waals surface area contributed by atoms with Crippen molar-refractivity contribution < 1.29 is 31.1 Å². The largest absolute Gasteiger partial charge is 0.492 e. The Kier molecular flexibility index (Phi) is 6.91. The third kappa shape index (κ3) is 5.48. The van der Waals surface area contributed by atoms with Gasteiger partial charge in [0.15, 0.2) is 0 Å². The van der Waals surface area contributed by atoms with Crippen LogP contribution >= 0.6 is 0 Å².